The van der Waals surface area contributed by atoms with E-state index in [1.54, 1.807) is 6.07 Å². The molecule has 27 heavy (non-hydrogen) atoms. The Kier molecular flexibility index (Phi) is 5.90. The van der Waals surface area contributed by atoms with Gasteiger partial charge in [-0.05, 0) is 42.2 Å². The second kappa shape index (κ2) is 8.53. The summed E-state index contributed by atoms with van der Waals surface area (Å²) in [4.78, 5) is 26.2. The van der Waals surface area contributed by atoms with Crippen molar-refractivity contribution < 1.29 is 18.7 Å². The first-order chi connectivity index (χ1) is 13.1. The third-order valence-corrected chi connectivity index (χ3v) is 4.46. The summed E-state index contributed by atoms with van der Waals surface area (Å²) in [6, 6.07) is 12.3. The number of nitrogens with one attached hydrogen (secondary N) is 2. The Morgan fingerprint density at radius 3 is 2.70 bits per heavy atom. The number of carbonyl (C=O) groups excluding carboxylic acids is 2. The quantitative estimate of drug-likeness (QED) is 0.789. The van der Waals surface area contributed by atoms with E-state index >= 15 is 0 Å². The molecule has 1 heterocycles. The summed E-state index contributed by atoms with van der Waals surface area (Å²) in [5.74, 6) is -1.14. The highest BCUT2D eigenvalue weighted by atomic mass is 19.1. The third-order valence-electron chi connectivity index (χ3n) is 4.46. The normalized spacial score (nSPS) is 12.9. The number of anilines is 1. The summed E-state index contributed by atoms with van der Waals surface area (Å²) in [6.45, 7) is 0.956. The van der Waals surface area contributed by atoms with Crippen molar-refractivity contribution in [1.29, 1.82) is 0 Å². The maximum atomic E-state index is 13.7. The molecule has 3 rings (SSSR count). The second-order valence-electron chi connectivity index (χ2n) is 6.40. The molecule has 0 radical (unpaired) electrons. The third kappa shape index (κ3) is 4.75. The molecule has 0 bridgehead atoms. The second-order valence-corrected chi connectivity index (χ2v) is 6.40. The minimum absolute atomic E-state index is 0.0479. The number of benzene rings is 2. The summed E-state index contributed by atoms with van der Waals surface area (Å²) in [5.41, 5.74) is 7.56. The Bertz CT molecular complexity index is 841. The Labute approximate surface area is 157 Å². The largest absolute Gasteiger partial charge is 0.494 e. The van der Waals surface area contributed by atoms with Crippen LogP contribution in [0.4, 0.5) is 10.1 Å². The van der Waals surface area contributed by atoms with Crippen LogP contribution in [0, 0.1) is 5.82 Å². The van der Waals surface area contributed by atoms with E-state index < -0.39 is 11.7 Å². The molecular weight excluding hydrogens is 349 g/mol. The minimum atomic E-state index is -0.532. The number of halogens is 1. The van der Waals surface area contributed by atoms with Crippen LogP contribution in [0.25, 0.3) is 0 Å². The fourth-order valence-electron chi connectivity index (χ4n) is 3.18. The lowest BCUT2D eigenvalue weighted by molar-refractivity contribution is -0.127. The number of hydrazine groups is 1. The highest BCUT2D eigenvalue weighted by Gasteiger charge is 2.18. The van der Waals surface area contributed by atoms with Crippen molar-refractivity contribution in [2.24, 2.45) is 0 Å². The number of rotatable bonds is 5. The smallest absolute Gasteiger partial charge is 0.257 e. The molecule has 0 saturated heterocycles. The number of amides is 2. The fourth-order valence-corrected chi connectivity index (χ4v) is 3.18. The fraction of sp³-hybridized carbons (Fsp3) is 0.300. The number of carbonyl (C=O) groups is 2. The molecular formula is C20H22FN3O3. The molecule has 2 aromatic rings. The minimum Gasteiger partial charge on any atom is -0.494 e. The van der Waals surface area contributed by atoms with Crippen LogP contribution in [0.2, 0.25) is 0 Å². The summed E-state index contributed by atoms with van der Waals surface area (Å²) >= 11 is 0. The van der Waals surface area contributed by atoms with Crippen LogP contribution in [-0.4, -0.2) is 32.0 Å². The lowest BCUT2D eigenvalue weighted by atomic mass is 10.0. The van der Waals surface area contributed by atoms with E-state index in [2.05, 4.69) is 16.9 Å². The molecule has 0 saturated carbocycles. The molecule has 2 aromatic carbocycles. The molecule has 6 nitrogen and oxygen atoms in total. The summed E-state index contributed by atoms with van der Waals surface area (Å²) in [7, 11) is 1.38. The Hall–Kier alpha value is -3.09. The van der Waals surface area contributed by atoms with E-state index in [0.29, 0.717) is 5.56 Å². The van der Waals surface area contributed by atoms with Gasteiger partial charge in [-0.1, -0.05) is 24.3 Å². The predicted molar refractivity (Wildman–Crippen MR) is 99.9 cm³/mol. The van der Waals surface area contributed by atoms with Gasteiger partial charge in [-0.15, -0.1) is 0 Å². The number of nitrogens with zero attached hydrogens (tertiary/aromatic N) is 1. The number of hydrogen-bond donors (Lipinski definition) is 2. The van der Waals surface area contributed by atoms with Crippen LogP contribution < -0.4 is 20.5 Å². The zero-order chi connectivity index (χ0) is 19.2. The van der Waals surface area contributed by atoms with Crippen molar-refractivity contribution in [2.75, 3.05) is 25.1 Å². The van der Waals surface area contributed by atoms with Gasteiger partial charge in [0.2, 0.25) is 5.91 Å². The lowest BCUT2D eigenvalue weighted by Crippen LogP contribution is -2.47. The Morgan fingerprint density at radius 2 is 1.93 bits per heavy atom. The zero-order valence-corrected chi connectivity index (χ0v) is 15.1. The molecule has 0 unspecified atom stereocenters. The summed E-state index contributed by atoms with van der Waals surface area (Å²) < 4.78 is 18.5. The van der Waals surface area contributed by atoms with Gasteiger partial charge in [0.05, 0.1) is 20.1 Å². The van der Waals surface area contributed by atoms with Crippen LogP contribution in [0.15, 0.2) is 42.5 Å². The molecule has 142 valence electrons. The number of hydrogen-bond acceptors (Lipinski definition) is 4. The van der Waals surface area contributed by atoms with Gasteiger partial charge in [-0.25, -0.2) is 4.39 Å². The molecule has 0 aromatic heterocycles. The van der Waals surface area contributed by atoms with Gasteiger partial charge < -0.3 is 9.64 Å². The average Bonchev–Trinajstić information content (AvgIpc) is 2.67. The molecule has 2 N–H and O–H groups in total. The lowest BCUT2D eigenvalue weighted by Gasteiger charge is -2.30. The molecule has 0 spiro atoms. The Balaban J connectivity index is 1.49. The van der Waals surface area contributed by atoms with Crippen LogP contribution in [0.5, 0.6) is 5.75 Å². The molecule has 7 heteroatoms. The van der Waals surface area contributed by atoms with E-state index in [4.69, 9.17) is 4.74 Å². The molecule has 1 aliphatic rings. The van der Waals surface area contributed by atoms with Crippen LogP contribution in [-0.2, 0) is 22.4 Å². The molecule has 1 aliphatic heterocycles. The van der Waals surface area contributed by atoms with Crippen molar-refractivity contribution in [1.82, 2.24) is 10.9 Å². The van der Waals surface area contributed by atoms with Crippen molar-refractivity contribution in [2.45, 2.75) is 19.3 Å². The maximum Gasteiger partial charge on any atom is 0.257 e. The average molecular weight is 371 g/mol. The maximum absolute atomic E-state index is 13.7. The van der Waals surface area contributed by atoms with Gasteiger partial charge in [0.25, 0.3) is 5.91 Å². The summed E-state index contributed by atoms with van der Waals surface area (Å²) in [5, 5.41) is 0. The topological polar surface area (TPSA) is 70.7 Å². The zero-order valence-electron chi connectivity index (χ0n) is 15.1. The van der Waals surface area contributed by atoms with Crippen molar-refractivity contribution in [3.05, 3.63) is 59.4 Å². The number of para-hydroxylation sites is 1. The van der Waals surface area contributed by atoms with Gasteiger partial charge in [-0.2, -0.15) is 0 Å². The number of methoxy groups -OCH3 is 1. The van der Waals surface area contributed by atoms with E-state index in [0.717, 1.165) is 25.1 Å². The van der Waals surface area contributed by atoms with Crippen molar-refractivity contribution in [3.8, 4) is 5.75 Å². The Morgan fingerprint density at radius 1 is 1.15 bits per heavy atom. The van der Waals surface area contributed by atoms with Gasteiger partial charge in [0, 0.05) is 12.2 Å². The molecule has 0 aliphatic carbocycles. The first kappa shape index (κ1) is 18.7. The highest BCUT2D eigenvalue weighted by Crippen LogP contribution is 2.26. The number of aryl methyl sites for hydroxylation is 1. The van der Waals surface area contributed by atoms with Gasteiger partial charge in [0.15, 0.2) is 11.6 Å². The number of ether oxygens (including phenoxy) is 1. The first-order valence-corrected chi connectivity index (χ1v) is 8.80. The van der Waals surface area contributed by atoms with Crippen LogP contribution in [0.1, 0.15) is 17.5 Å². The predicted octanol–water partition coefficient (Wildman–Crippen LogP) is 1.98. The summed E-state index contributed by atoms with van der Waals surface area (Å²) in [6.07, 6.45) is 1.94. The van der Waals surface area contributed by atoms with E-state index in [9.17, 15) is 14.0 Å². The highest BCUT2D eigenvalue weighted by molar-refractivity contribution is 5.86. The molecule has 2 amide bonds. The van der Waals surface area contributed by atoms with E-state index in [1.807, 2.05) is 23.1 Å². The van der Waals surface area contributed by atoms with Gasteiger partial charge in [-0.3, -0.25) is 20.4 Å². The van der Waals surface area contributed by atoms with Crippen molar-refractivity contribution in [3.63, 3.8) is 0 Å². The number of fused-ring (bicyclic) bond motifs is 1. The molecule has 0 fully saturated rings. The van der Waals surface area contributed by atoms with Gasteiger partial charge >= 0.3 is 0 Å². The SMILES string of the molecule is COc1ccc(CC(=O)NNC(=O)CN2CCCc3ccccc32)cc1F. The first-order valence-electron chi connectivity index (χ1n) is 8.80. The van der Waals surface area contributed by atoms with E-state index in [-0.39, 0.29) is 24.6 Å². The standard InChI is InChI=1S/C20H22FN3O3/c1-27-18-9-8-14(11-16(18)21)12-19(25)22-23-20(26)13-24-10-4-6-15-5-2-3-7-17(15)24/h2-3,5,7-9,11H,4,6,10,12-13H2,1H3,(H,22,25)(H,23,26). The van der Waals surface area contributed by atoms with Crippen LogP contribution >= 0.6 is 0 Å². The van der Waals surface area contributed by atoms with Gasteiger partial charge in [0.1, 0.15) is 0 Å². The van der Waals surface area contributed by atoms with Crippen LogP contribution in [0.3, 0.4) is 0 Å². The van der Waals surface area contributed by atoms with Crippen molar-refractivity contribution >= 4 is 17.5 Å². The monoisotopic (exact) mass is 371 g/mol. The van der Waals surface area contributed by atoms with E-state index in [1.165, 1.54) is 24.8 Å². The molecule has 0 atom stereocenters.